The summed E-state index contributed by atoms with van der Waals surface area (Å²) >= 11 is 0. The molecule has 0 bridgehead atoms. The van der Waals surface area contributed by atoms with Crippen LogP contribution in [0.2, 0.25) is 0 Å². The molecular formula is C21H32O7S. The van der Waals surface area contributed by atoms with Crippen LogP contribution in [-0.2, 0) is 23.9 Å². The first kappa shape index (κ1) is 23.8. The number of hydrogen-bond donors (Lipinski definition) is 2. The van der Waals surface area contributed by atoms with Crippen molar-refractivity contribution >= 4 is 21.9 Å². The number of Topliss-reactive ketones (excluding diaryl/α,β-unsaturated/α-hetero) is 1. The van der Waals surface area contributed by atoms with E-state index in [1.807, 2.05) is 6.92 Å². The summed E-state index contributed by atoms with van der Waals surface area (Å²) in [6.45, 7) is 2.05. The highest BCUT2D eigenvalue weighted by Crippen LogP contribution is 2.61. The van der Waals surface area contributed by atoms with E-state index in [1.165, 1.54) is 0 Å². The number of unbranched alkanes of at least 4 members (excludes halogenated alkanes) is 3. The van der Waals surface area contributed by atoms with E-state index in [0.717, 1.165) is 25.5 Å². The van der Waals surface area contributed by atoms with E-state index >= 15 is 0 Å². The largest absolute Gasteiger partial charge is 0.481 e. The quantitative estimate of drug-likeness (QED) is 0.278. The average Bonchev–Trinajstić information content (AvgIpc) is 3.21. The maximum atomic E-state index is 12.2. The number of rotatable bonds is 12. The van der Waals surface area contributed by atoms with E-state index in [2.05, 4.69) is 11.8 Å². The molecule has 164 valence electrons. The van der Waals surface area contributed by atoms with Gasteiger partial charge in [0.15, 0.2) is 0 Å². The summed E-state index contributed by atoms with van der Waals surface area (Å²) in [6.07, 6.45) is 4.33. The number of hydrogen-bond acceptors (Lipinski definition) is 6. The molecule has 0 aliphatic heterocycles. The first-order chi connectivity index (χ1) is 13.7. The van der Waals surface area contributed by atoms with Gasteiger partial charge in [-0.3, -0.25) is 13.8 Å². The fourth-order valence-corrected chi connectivity index (χ4v) is 5.20. The standard InChI is InChI=1S/C21H32O7S/c1-3-4-7-11-17(28-29(2,26)27)21(25)20-15-13-16(22)14(19(15)20)10-8-5-6-9-12-18(23)24/h14-15,17,19-21,25H,3-4,6-7,9-13H2,1-2H3,(H,23,24). The Kier molecular flexibility index (Phi) is 8.68. The molecule has 2 N–H and O–H groups in total. The van der Waals surface area contributed by atoms with Crippen LogP contribution in [-0.4, -0.2) is 48.8 Å². The lowest BCUT2D eigenvalue weighted by molar-refractivity contribution is -0.137. The fourth-order valence-electron chi connectivity index (χ4n) is 4.54. The number of aliphatic hydroxyl groups is 1. The molecule has 2 rings (SSSR count). The van der Waals surface area contributed by atoms with Gasteiger partial charge in [0.1, 0.15) is 11.9 Å². The van der Waals surface area contributed by atoms with Crippen LogP contribution in [0.3, 0.4) is 0 Å². The number of carbonyl (C=O) groups excluding carboxylic acids is 1. The lowest BCUT2D eigenvalue weighted by atomic mass is 9.91. The van der Waals surface area contributed by atoms with Crippen molar-refractivity contribution < 1.29 is 32.4 Å². The molecule has 2 aliphatic rings. The molecule has 0 saturated heterocycles. The lowest BCUT2D eigenvalue weighted by Crippen LogP contribution is -2.35. The van der Waals surface area contributed by atoms with Crippen molar-refractivity contribution in [3.05, 3.63) is 0 Å². The first-order valence-electron chi connectivity index (χ1n) is 10.4. The second kappa shape index (κ2) is 10.6. The van der Waals surface area contributed by atoms with E-state index in [9.17, 15) is 23.1 Å². The van der Waals surface area contributed by atoms with Gasteiger partial charge in [-0.2, -0.15) is 8.42 Å². The molecule has 2 fully saturated rings. The molecule has 7 nitrogen and oxygen atoms in total. The van der Waals surface area contributed by atoms with Gasteiger partial charge in [-0.1, -0.05) is 26.2 Å². The second-order valence-corrected chi connectivity index (χ2v) is 9.83. The number of carbonyl (C=O) groups is 2. The summed E-state index contributed by atoms with van der Waals surface area (Å²) in [6, 6.07) is 0. The summed E-state index contributed by atoms with van der Waals surface area (Å²) in [5.41, 5.74) is 0. The lowest BCUT2D eigenvalue weighted by Gasteiger charge is -2.24. The van der Waals surface area contributed by atoms with Crippen molar-refractivity contribution in [2.45, 2.75) is 76.9 Å². The van der Waals surface area contributed by atoms with E-state index in [0.29, 0.717) is 32.1 Å². The minimum Gasteiger partial charge on any atom is -0.481 e. The van der Waals surface area contributed by atoms with Gasteiger partial charge in [0, 0.05) is 31.6 Å². The van der Waals surface area contributed by atoms with Gasteiger partial charge >= 0.3 is 5.97 Å². The van der Waals surface area contributed by atoms with Gasteiger partial charge in [-0.15, -0.1) is 11.8 Å². The summed E-state index contributed by atoms with van der Waals surface area (Å²) < 4.78 is 28.4. The van der Waals surface area contributed by atoms with Crippen molar-refractivity contribution in [3.8, 4) is 11.8 Å². The van der Waals surface area contributed by atoms with Crippen LogP contribution in [0.1, 0.15) is 64.7 Å². The fraction of sp³-hybridized carbons (Fsp3) is 0.810. The molecule has 0 radical (unpaired) electrons. The van der Waals surface area contributed by atoms with Crippen molar-refractivity contribution in [2.75, 3.05) is 6.26 Å². The Hall–Kier alpha value is -1.43. The van der Waals surface area contributed by atoms with Gasteiger partial charge in [0.25, 0.3) is 10.1 Å². The second-order valence-electron chi connectivity index (χ2n) is 8.23. The van der Waals surface area contributed by atoms with Gasteiger partial charge in [0.05, 0.1) is 12.4 Å². The zero-order chi connectivity index (χ0) is 21.6. The third kappa shape index (κ3) is 7.09. The Bertz CT molecular complexity index is 749. The van der Waals surface area contributed by atoms with Gasteiger partial charge in [-0.25, -0.2) is 0 Å². The van der Waals surface area contributed by atoms with Crippen molar-refractivity contribution in [2.24, 2.45) is 23.7 Å². The summed E-state index contributed by atoms with van der Waals surface area (Å²) in [5.74, 6) is 4.96. The van der Waals surface area contributed by atoms with Crippen molar-refractivity contribution in [1.82, 2.24) is 0 Å². The van der Waals surface area contributed by atoms with Crippen LogP contribution in [0.15, 0.2) is 0 Å². The summed E-state index contributed by atoms with van der Waals surface area (Å²) in [4.78, 5) is 22.7. The van der Waals surface area contributed by atoms with E-state index in [1.54, 1.807) is 0 Å². The van der Waals surface area contributed by atoms with Crippen molar-refractivity contribution in [3.63, 3.8) is 0 Å². The monoisotopic (exact) mass is 428 g/mol. The molecule has 0 spiro atoms. The predicted molar refractivity (Wildman–Crippen MR) is 107 cm³/mol. The number of carboxylic acids is 1. The van der Waals surface area contributed by atoms with Gasteiger partial charge in [0.2, 0.25) is 0 Å². The van der Waals surface area contributed by atoms with Crippen LogP contribution < -0.4 is 0 Å². The summed E-state index contributed by atoms with van der Waals surface area (Å²) in [7, 11) is -3.68. The molecule has 0 aromatic carbocycles. The number of carboxylic acid groups (broad SMARTS) is 1. The molecule has 0 amide bonds. The highest BCUT2D eigenvalue weighted by Gasteiger charge is 2.64. The Morgan fingerprint density at radius 1 is 1.28 bits per heavy atom. The Morgan fingerprint density at radius 2 is 2.00 bits per heavy atom. The average molecular weight is 429 g/mol. The highest BCUT2D eigenvalue weighted by molar-refractivity contribution is 7.86. The minimum absolute atomic E-state index is 0.0302. The van der Waals surface area contributed by atoms with E-state index in [-0.39, 0.29) is 35.9 Å². The third-order valence-corrected chi connectivity index (χ3v) is 6.51. The molecular weight excluding hydrogens is 396 g/mol. The molecule has 0 aromatic rings. The van der Waals surface area contributed by atoms with Crippen LogP contribution >= 0.6 is 0 Å². The molecule has 6 atom stereocenters. The minimum atomic E-state index is -3.68. The SMILES string of the molecule is CCCCCC(OS(C)(=O)=O)C(O)C1C2CC(=O)C(CC#CCCCC(=O)O)C21. The molecule has 8 heteroatoms. The highest BCUT2D eigenvalue weighted by atomic mass is 32.2. The Labute approximate surface area is 173 Å². The number of aliphatic carboxylic acids is 1. The van der Waals surface area contributed by atoms with E-state index < -0.39 is 28.3 Å². The topological polar surface area (TPSA) is 118 Å². The van der Waals surface area contributed by atoms with E-state index in [4.69, 9.17) is 9.29 Å². The first-order valence-corrected chi connectivity index (χ1v) is 12.2. The van der Waals surface area contributed by atoms with Gasteiger partial charge < -0.3 is 10.2 Å². The normalized spacial score (nSPS) is 27.6. The molecule has 0 heterocycles. The molecule has 2 aliphatic carbocycles. The number of ketones is 1. The zero-order valence-electron chi connectivity index (χ0n) is 17.2. The summed E-state index contributed by atoms with van der Waals surface area (Å²) in [5, 5.41) is 19.4. The van der Waals surface area contributed by atoms with Crippen LogP contribution in [0.5, 0.6) is 0 Å². The predicted octanol–water partition coefficient (Wildman–Crippen LogP) is 2.37. The van der Waals surface area contributed by atoms with Crippen LogP contribution in [0, 0.1) is 35.5 Å². The van der Waals surface area contributed by atoms with Gasteiger partial charge in [-0.05, 0) is 30.6 Å². The molecule has 0 aromatic heterocycles. The maximum Gasteiger partial charge on any atom is 0.303 e. The maximum absolute atomic E-state index is 12.2. The van der Waals surface area contributed by atoms with Crippen LogP contribution in [0.25, 0.3) is 0 Å². The molecule has 29 heavy (non-hydrogen) atoms. The third-order valence-electron chi connectivity index (χ3n) is 5.91. The van der Waals surface area contributed by atoms with Crippen molar-refractivity contribution in [1.29, 1.82) is 0 Å². The smallest absolute Gasteiger partial charge is 0.303 e. The number of aliphatic hydroxyl groups excluding tert-OH is 1. The van der Waals surface area contributed by atoms with Crippen LogP contribution in [0.4, 0.5) is 0 Å². The Morgan fingerprint density at radius 3 is 2.62 bits per heavy atom. The Balaban J connectivity index is 1.93. The molecule has 6 unspecified atom stereocenters. The molecule has 2 saturated carbocycles. The zero-order valence-corrected chi connectivity index (χ0v) is 18.0. The number of fused-ring (bicyclic) bond motifs is 1.